The molecule has 0 aliphatic rings. The highest BCUT2D eigenvalue weighted by molar-refractivity contribution is 6.31. The van der Waals surface area contributed by atoms with Crippen molar-refractivity contribution in [3.05, 3.63) is 65.5 Å². The fourth-order valence-corrected chi connectivity index (χ4v) is 1.87. The lowest BCUT2D eigenvalue weighted by atomic mass is 10.2. The largest absolute Gasteiger partial charge is 0.457 e. The minimum absolute atomic E-state index is 0.0871. The number of alkyl halides is 3. The zero-order chi connectivity index (χ0) is 14.8. The Morgan fingerprint density at radius 2 is 1.60 bits per heavy atom. The lowest BCUT2D eigenvalue weighted by Gasteiger charge is -2.12. The summed E-state index contributed by atoms with van der Waals surface area (Å²) in [4.78, 5) is 0. The van der Waals surface area contributed by atoms with Crippen LogP contribution in [-0.4, -0.2) is 0 Å². The first kappa shape index (κ1) is 14.7. The van der Waals surface area contributed by atoms with Gasteiger partial charge >= 0.3 is 6.18 Å². The van der Waals surface area contributed by atoms with Crippen LogP contribution in [0.15, 0.2) is 42.5 Å². The van der Waals surface area contributed by atoms with Gasteiger partial charge in [-0.25, -0.2) is 0 Å². The zero-order valence-electron chi connectivity index (χ0n) is 10.4. The van der Waals surface area contributed by atoms with Crippen LogP contribution in [0.25, 0.3) is 0 Å². The fourth-order valence-electron chi connectivity index (χ4n) is 1.65. The predicted molar refractivity (Wildman–Crippen MR) is 72.0 cm³/mol. The van der Waals surface area contributed by atoms with Gasteiger partial charge in [0.15, 0.2) is 0 Å². The monoisotopic (exact) mass is 299 g/mol. The average Bonchev–Trinajstić information content (AvgIpc) is 2.40. The molecule has 0 atom stereocenters. The van der Waals surface area contributed by atoms with E-state index >= 15 is 0 Å². The minimum Gasteiger partial charge on any atom is -0.457 e. The normalized spacial score (nSPS) is 11.4. The minimum atomic E-state index is -4.51. The summed E-state index contributed by atoms with van der Waals surface area (Å²) in [5, 5.41) is -0.350. The third kappa shape index (κ3) is 3.45. The van der Waals surface area contributed by atoms with E-state index in [-0.39, 0.29) is 10.8 Å². The first-order valence-corrected chi connectivity index (χ1v) is 6.21. The third-order valence-electron chi connectivity index (χ3n) is 2.69. The van der Waals surface area contributed by atoms with E-state index in [0.29, 0.717) is 12.2 Å². The summed E-state index contributed by atoms with van der Waals surface area (Å²) in [6.45, 7) is 3.74. The van der Waals surface area contributed by atoms with E-state index in [0.717, 1.165) is 11.6 Å². The van der Waals surface area contributed by atoms with Gasteiger partial charge in [-0.15, -0.1) is 0 Å². The maximum absolute atomic E-state index is 12.7. The summed E-state index contributed by atoms with van der Waals surface area (Å²) in [5.41, 5.74) is 0.107. The van der Waals surface area contributed by atoms with Crippen LogP contribution in [0.1, 0.15) is 11.1 Å². The highest BCUT2D eigenvalue weighted by atomic mass is 35.5. The molecule has 0 aliphatic heterocycles. The molecule has 0 heterocycles. The van der Waals surface area contributed by atoms with E-state index in [9.17, 15) is 13.2 Å². The number of benzene rings is 2. The molecule has 0 aliphatic carbocycles. The van der Waals surface area contributed by atoms with Gasteiger partial charge in [0, 0.05) is 0 Å². The molecule has 105 valence electrons. The quantitative estimate of drug-likeness (QED) is 0.724. The molecule has 0 unspecified atom stereocenters. The SMILES string of the molecule is [CH2]Cc1ccc(Oc2ccc(Cl)c(C(F)(F)F)c2)cc1. The molecule has 2 aromatic rings. The lowest BCUT2D eigenvalue weighted by molar-refractivity contribution is -0.137. The zero-order valence-corrected chi connectivity index (χ0v) is 11.1. The summed E-state index contributed by atoms with van der Waals surface area (Å²) in [6, 6.07) is 10.4. The van der Waals surface area contributed by atoms with Gasteiger partial charge in [-0.05, 0) is 49.2 Å². The van der Waals surface area contributed by atoms with Crippen molar-refractivity contribution in [1.82, 2.24) is 0 Å². The summed E-state index contributed by atoms with van der Waals surface area (Å²) < 4.78 is 43.5. The Bertz CT molecular complexity index is 591. The number of hydrogen-bond acceptors (Lipinski definition) is 1. The van der Waals surface area contributed by atoms with E-state index < -0.39 is 11.7 Å². The molecule has 0 saturated heterocycles. The van der Waals surface area contributed by atoms with Crippen molar-refractivity contribution >= 4 is 11.6 Å². The Hall–Kier alpha value is -1.68. The molecule has 0 aromatic heterocycles. The molecular weight excluding hydrogens is 289 g/mol. The lowest BCUT2D eigenvalue weighted by Crippen LogP contribution is -2.05. The molecule has 1 radical (unpaired) electrons. The summed E-state index contributed by atoms with van der Waals surface area (Å²) >= 11 is 5.54. The maximum atomic E-state index is 12.7. The van der Waals surface area contributed by atoms with Crippen LogP contribution < -0.4 is 4.74 Å². The van der Waals surface area contributed by atoms with E-state index in [1.165, 1.54) is 12.1 Å². The van der Waals surface area contributed by atoms with Crippen LogP contribution in [0.3, 0.4) is 0 Å². The molecule has 0 bridgehead atoms. The Balaban J connectivity index is 2.25. The number of ether oxygens (including phenoxy) is 1. The van der Waals surface area contributed by atoms with Gasteiger partial charge in [0.1, 0.15) is 11.5 Å². The standard InChI is InChI=1S/C15H11ClF3O/c1-2-10-3-5-11(6-4-10)20-12-7-8-14(16)13(9-12)15(17,18)19/h3-9H,1-2H2. The van der Waals surface area contributed by atoms with Crippen LogP contribution in [0, 0.1) is 6.92 Å². The Morgan fingerprint density at radius 1 is 1.00 bits per heavy atom. The molecule has 2 aromatic carbocycles. The summed E-state index contributed by atoms with van der Waals surface area (Å²) in [5.74, 6) is 0.543. The summed E-state index contributed by atoms with van der Waals surface area (Å²) in [7, 11) is 0. The number of hydrogen-bond donors (Lipinski definition) is 0. The van der Waals surface area contributed by atoms with Crippen molar-refractivity contribution in [1.29, 1.82) is 0 Å². The Labute approximate surface area is 119 Å². The Kier molecular flexibility index (Phi) is 4.23. The van der Waals surface area contributed by atoms with E-state index in [2.05, 4.69) is 6.92 Å². The van der Waals surface area contributed by atoms with Gasteiger partial charge in [-0.3, -0.25) is 0 Å². The van der Waals surface area contributed by atoms with E-state index in [1.54, 1.807) is 12.1 Å². The van der Waals surface area contributed by atoms with Crippen molar-refractivity contribution in [3.63, 3.8) is 0 Å². The molecule has 0 saturated carbocycles. The van der Waals surface area contributed by atoms with Crippen molar-refractivity contribution in [2.75, 3.05) is 0 Å². The van der Waals surface area contributed by atoms with Crippen LogP contribution in [0.2, 0.25) is 5.02 Å². The van der Waals surface area contributed by atoms with Crippen molar-refractivity contribution in [2.45, 2.75) is 12.6 Å². The summed E-state index contributed by atoms with van der Waals surface area (Å²) in [6.07, 6.45) is -3.87. The molecule has 0 N–H and O–H groups in total. The molecular formula is C15H11ClF3O. The van der Waals surface area contributed by atoms with E-state index in [4.69, 9.17) is 16.3 Å². The highest BCUT2D eigenvalue weighted by Gasteiger charge is 2.33. The van der Waals surface area contributed by atoms with Gasteiger partial charge in [0.25, 0.3) is 0 Å². The van der Waals surface area contributed by atoms with Gasteiger partial charge in [0.2, 0.25) is 0 Å². The highest BCUT2D eigenvalue weighted by Crippen LogP contribution is 2.37. The van der Waals surface area contributed by atoms with Gasteiger partial charge < -0.3 is 4.74 Å². The third-order valence-corrected chi connectivity index (χ3v) is 3.02. The molecule has 0 fully saturated rings. The first-order chi connectivity index (χ1) is 9.40. The molecule has 2 rings (SSSR count). The topological polar surface area (TPSA) is 9.23 Å². The Morgan fingerprint density at radius 3 is 2.15 bits per heavy atom. The van der Waals surface area contributed by atoms with Crippen LogP contribution in [0.4, 0.5) is 13.2 Å². The molecule has 0 amide bonds. The second-order valence-corrected chi connectivity index (χ2v) is 4.54. The van der Waals surface area contributed by atoms with E-state index in [1.807, 2.05) is 12.1 Å². The van der Waals surface area contributed by atoms with Gasteiger partial charge in [0.05, 0.1) is 10.6 Å². The molecule has 0 spiro atoms. The van der Waals surface area contributed by atoms with Crippen LogP contribution in [-0.2, 0) is 12.6 Å². The second-order valence-electron chi connectivity index (χ2n) is 4.14. The fraction of sp³-hybridized carbons (Fsp3) is 0.133. The average molecular weight is 300 g/mol. The van der Waals surface area contributed by atoms with Crippen LogP contribution in [0.5, 0.6) is 11.5 Å². The van der Waals surface area contributed by atoms with Gasteiger partial charge in [-0.1, -0.05) is 23.7 Å². The maximum Gasteiger partial charge on any atom is 0.417 e. The molecule has 20 heavy (non-hydrogen) atoms. The number of rotatable bonds is 3. The van der Waals surface area contributed by atoms with Crippen molar-refractivity contribution in [2.24, 2.45) is 0 Å². The van der Waals surface area contributed by atoms with Crippen LogP contribution >= 0.6 is 11.6 Å². The second kappa shape index (κ2) is 5.75. The molecule has 1 nitrogen and oxygen atoms in total. The molecule has 5 heteroatoms. The number of halogens is 4. The smallest absolute Gasteiger partial charge is 0.417 e. The predicted octanol–water partition coefficient (Wildman–Crippen LogP) is 5.53. The van der Waals surface area contributed by atoms with Crippen molar-refractivity contribution < 1.29 is 17.9 Å². The van der Waals surface area contributed by atoms with Gasteiger partial charge in [-0.2, -0.15) is 13.2 Å². The first-order valence-electron chi connectivity index (χ1n) is 5.83. The van der Waals surface area contributed by atoms with Crippen molar-refractivity contribution in [3.8, 4) is 11.5 Å².